The molecule has 2 rings (SSSR count). The lowest BCUT2D eigenvalue weighted by Gasteiger charge is -2.16. The van der Waals surface area contributed by atoms with Gasteiger partial charge in [0, 0.05) is 6.42 Å². The Morgan fingerprint density at radius 1 is 1.36 bits per heavy atom. The maximum Gasteiger partial charge on any atom is 0.328 e. The normalized spacial score (nSPS) is 11.8. The lowest BCUT2D eigenvalue weighted by molar-refractivity contribution is -0.144. The summed E-state index contributed by atoms with van der Waals surface area (Å²) < 4.78 is 6.02. The topological polar surface area (TPSA) is 132 Å². The van der Waals surface area contributed by atoms with E-state index < -0.39 is 12.0 Å². The molecular formula is C15H19N5O4S. The van der Waals surface area contributed by atoms with Crippen molar-refractivity contribution in [3.8, 4) is 5.75 Å². The number of nitrogens with two attached hydrogens (primary N) is 1. The molecule has 0 radical (unpaired) electrons. The molecule has 0 saturated carbocycles. The molecule has 0 aliphatic carbocycles. The number of rotatable bonds is 7. The van der Waals surface area contributed by atoms with Crippen molar-refractivity contribution in [2.75, 3.05) is 18.7 Å². The van der Waals surface area contributed by atoms with E-state index >= 15 is 0 Å². The number of nitrogen functional groups attached to an aromatic ring is 1. The number of phenolic OH excluding ortho intramolecular Hbond substituents is 1. The molecule has 0 unspecified atom stereocenters. The number of nitrogens with zero attached hydrogens (tertiary/aromatic N) is 3. The number of hydrogen-bond donors (Lipinski definition) is 3. The SMILES string of the molecule is COC(=O)[C@H](Cc1ccc(O)cc1)NC(=O)CSc1nnc(C)n1N. The van der Waals surface area contributed by atoms with Gasteiger partial charge in [-0.2, -0.15) is 0 Å². The number of amides is 1. The third-order valence-electron chi connectivity index (χ3n) is 3.36. The minimum absolute atomic E-state index is 0.0262. The van der Waals surface area contributed by atoms with E-state index in [9.17, 15) is 14.7 Å². The van der Waals surface area contributed by atoms with Gasteiger partial charge < -0.3 is 21.0 Å². The van der Waals surface area contributed by atoms with Crippen LogP contribution in [-0.2, 0) is 20.7 Å². The fourth-order valence-electron chi connectivity index (χ4n) is 2.02. The molecule has 10 heteroatoms. The van der Waals surface area contributed by atoms with Crippen LogP contribution in [0.2, 0.25) is 0 Å². The summed E-state index contributed by atoms with van der Waals surface area (Å²) in [6, 6.07) is 5.54. The zero-order valence-corrected chi connectivity index (χ0v) is 14.6. The Morgan fingerprint density at radius 3 is 2.60 bits per heavy atom. The van der Waals surface area contributed by atoms with Crippen LogP contribution in [0.5, 0.6) is 5.75 Å². The minimum atomic E-state index is -0.833. The fourth-order valence-corrected chi connectivity index (χ4v) is 2.73. The van der Waals surface area contributed by atoms with Crippen LogP contribution in [0, 0.1) is 6.92 Å². The van der Waals surface area contributed by atoms with Gasteiger partial charge in [-0.3, -0.25) is 4.79 Å². The maximum atomic E-state index is 12.1. The largest absolute Gasteiger partial charge is 0.508 e. The zero-order valence-electron chi connectivity index (χ0n) is 13.8. The predicted octanol–water partition coefficient (Wildman–Crippen LogP) is -0.00148. The standard InChI is InChI=1S/C15H19N5O4S/c1-9-18-19-15(20(9)16)25-8-13(22)17-12(14(23)24-2)7-10-3-5-11(21)6-4-10/h3-6,12,21H,7-8,16H2,1-2H3,(H,17,22)/t12-/m0/s1. The van der Waals surface area contributed by atoms with Gasteiger partial charge in [0.2, 0.25) is 11.1 Å². The van der Waals surface area contributed by atoms with E-state index in [2.05, 4.69) is 15.5 Å². The number of phenols is 1. The Kier molecular flexibility index (Phi) is 6.23. The molecule has 25 heavy (non-hydrogen) atoms. The monoisotopic (exact) mass is 365 g/mol. The van der Waals surface area contributed by atoms with Crippen molar-refractivity contribution in [3.05, 3.63) is 35.7 Å². The summed E-state index contributed by atoms with van der Waals surface area (Å²) in [4.78, 5) is 24.0. The molecule has 1 heterocycles. The summed E-state index contributed by atoms with van der Waals surface area (Å²) in [7, 11) is 1.26. The summed E-state index contributed by atoms with van der Waals surface area (Å²) in [5, 5.41) is 20.0. The molecule has 1 aromatic carbocycles. The number of ether oxygens (including phenoxy) is 1. The molecule has 4 N–H and O–H groups in total. The number of benzene rings is 1. The number of carbonyl (C=O) groups excluding carboxylic acids is 2. The van der Waals surface area contributed by atoms with Crippen LogP contribution >= 0.6 is 11.8 Å². The molecular weight excluding hydrogens is 346 g/mol. The average Bonchev–Trinajstić information content (AvgIpc) is 2.92. The first-order valence-corrected chi connectivity index (χ1v) is 8.34. The minimum Gasteiger partial charge on any atom is -0.508 e. The highest BCUT2D eigenvalue weighted by atomic mass is 32.2. The van der Waals surface area contributed by atoms with Crippen LogP contribution < -0.4 is 11.2 Å². The third kappa shape index (κ3) is 5.11. The Labute approximate surface area is 148 Å². The molecule has 0 saturated heterocycles. The molecule has 0 bridgehead atoms. The molecule has 1 atom stereocenters. The van der Waals surface area contributed by atoms with Gasteiger partial charge in [-0.15, -0.1) is 10.2 Å². The van der Waals surface area contributed by atoms with E-state index in [-0.39, 0.29) is 23.8 Å². The lowest BCUT2D eigenvalue weighted by Crippen LogP contribution is -2.43. The van der Waals surface area contributed by atoms with E-state index in [1.807, 2.05) is 0 Å². The van der Waals surface area contributed by atoms with Crippen LogP contribution in [0.25, 0.3) is 0 Å². The van der Waals surface area contributed by atoms with Crippen molar-refractivity contribution in [1.82, 2.24) is 20.2 Å². The zero-order chi connectivity index (χ0) is 18.4. The Hall–Kier alpha value is -2.75. The Bertz CT molecular complexity index is 747. The highest BCUT2D eigenvalue weighted by molar-refractivity contribution is 7.99. The van der Waals surface area contributed by atoms with Gasteiger partial charge in [0.25, 0.3) is 0 Å². The van der Waals surface area contributed by atoms with Crippen molar-refractivity contribution >= 4 is 23.6 Å². The van der Waals surface area contributed by atoms with Gasteiger partial charge in [-0.1, -0.05) is 23.9 Å². The van der Waals surface area contributed by atoms with Crippen molar-refractivity contribution in [2.24, 2.45) is 0 Å². The molecule has 2 aromatic rings. The molecule has 0 fully saturated rings. The summed E-state index contributed by atoms with van der Waals surface area (Å²) in [5.41, 5.74) is 0.776. The quantitative estimate of drug-likeness (QED) is 0.355. The third-order valence-corrected chi connectivity index (χ3v) is 4.31. The first-order valence-electron chi connectivity index (χ1n) is 7.35. The van der Waals surface area contributed by atoms with Crippen molar-refractivity contribution in [3.63, 3.8) is 0 Å². The van der Waals surface area contributed by atoms with Crippen LogP contribution in [0.15, 0.2) is 29.4 Å². The molecule has 1 aromatic heterocycles. The first kappa shape index (κ1) is 18.6. The second-order valence-electron chi connectivity index (χ2n) is 5.20. The average molecular weight is 365 g/mol. The molecule has 0 spiro atoms. The number of aromatic nitrogens is 3. The van der Waals surface area contributed by atoms with E-state index in [0.717, 1.165) is 17.3 Å². The highest BCUT2D eigenvalue weighted by Crippen LogP contribution is 2.15. The molecule has 134 valence electrons. The van der Waals surface area contributed by atoms with Crippen LogP contribution in [0.3, 0.4) is 0 Å². The van der Waals surface area contributed by atoms with Crippen LogP contribution in [0.4, 0.5) is 0 Å². The number of aromatic hydroxyl groups is 1. The number of esters is 1. The molecule has 0 aliphatic rings. The van der Waals surface area contributed by atoms with Gasteiger partial charge in [0.15, 0.2) is 0 Å². The second kappa shape index (κ2) is 8.38. The number of hydrogen-bond acceptors (Lipinski definition) is 8. The summed E-state index contributed by atoms with van der Waals surface area (Å²) in [5.74, 6) is 5.49. The Balaban J connectivity index is 1.96. The number of nitrogens with one attached hydrogen (secondary N) is 1. The van der Waals surface area contributed by atoms with Gasteiger partial charge in [0.1, 0.15) is 17.6 Å². The fraction of sp³-hybridized carbons (Fsp3) is 0.333. The predicted molar refractivity (Wildman–Crippen MR) is 91.4 cm³/mol. The van der Waals surface area contributed by atoms with Gasteiger partial charge in [-0.25, -0.2) is 9.47 Å². The van der Waals surface area contributed by atoms with Crippen molar-refractivity contribution in [1.29, 1.82) is 0 Å². The molecule has 1 amide bonds. The molecule has 0 aliphatic heterocycles. The smallest absolute Gasteiger partial charge is 0.328 e. The van der Waals surface area contributed by atoms with Crippen LogP contribution in [-0.4, -0.2) is 50.8 Å². The second-order valence-corrected chi connectivity index (χ2v) is 6.14. The summed E-state index contributed by atoms with van der Waals surface area (Å²) >= 11 is 1.11. The molecule has 9 nitrogen and oxygen atoms in total. The van der Waals surface area contributed by atoms with Gasteiger partial charge >= 0.3 is 5.97 Å². The summed E-state index contributed by atoms with van der Waals surface area (Å²) in [6.07, 6.45) is 0.246. The van der Waals surface area contributed by atoms with Gasteiger partial charge in [-0.05, 0) is 24.6 Å². The Morgan fingerprint density at radius 2 is 2.04 bits per heavy atom. The van der Waals surface area contributed by atoms with E-state index in [1.54, 1.807) is 19.1 Å². The lowest BCUT2D eigenvalue weighted by atomic mass is 10.1. The van der Waals surface area contributed by atoms with Crippen LogP contribution in [0.1, 0.15) is 11.4 Å². The number of carbonyl (C=O) groups is 2. The number of aryl methyl sites for hydroxylation is 1. The highest BCUT2D eigenvalue weighted by Gasteiger charge is 2.22. The van der Waals surface area contributed by atoms with E-state index in [1.165, 1.54) is 23.9 Å². The maximum absolute atomic E-state index is 12.1. The number of thioether (sulfide) groups is 1. The van der Waals surface area contributed by atoms with E-state index in [4.69, 9.17) is 10.6 Å². The van der Waals surface area contributed by atoms with E-state index in [0.29, 0.717) is 11.0 Å². The number of methoxy groups -OCH3 is 1. The van der Waals surface area contributed by atoms with Gasteiger partial charge in [0.05, 0.1) is 12.9 Å². The van der Waals surface area contributed by atoms with Crippen molar-refractivity contribution < 1.29 is 19.4 Å². The first-order chi connectivity index (χ1) is 11.9. The van der Waals surface area contributed by atoms with Crippen molar-refractivity contribution in [2.45, 2.75) is 24.5 Å². The summed E-state index contributed by atoms with van der Waals surface area (Å²) in [6.45, 7) is 1.70.